The highest BCUT2D eigenvalue weighted by Gasteiger charge is 2.28. The second-order valence-electron chi connectivity index (χ2n) is 8.19. The molecule has 1 aromatic carbocycles. The number of thiazole rings is 1. The summed E-state index contributed by atoms with van der Waals surface area (Å²) in [6.07, 6.45) is 0.393. The number of rotatable bonds is 4. The highest BCUT2D eigenvalue weighted by atomic mass is 32.1. The van der Waals surface area contributed by atoms with Crippen LogP contribution in [0.3, 0.4) is 0 Å². The van der Waals surface area contributed by atoms with E-state index in [4.69, 9.17) is 9.47 Å². The van der Waals surface area contributed by atoms with E-state index >= 15 is 0 Å². The normalized spacial score (nSPS) is 13.8. The van der Waals surface area contributed by atoms with Crippen LogP contribution in [0.25, 0.3) is 0 Å². The zero-order valence-corrected chi connectivity index (χ0v) is 18.3. The summed E-state index contributed by atoms with van der Waals surface area (Å²) in [5.74, 6) is 0.500. The Morgan fingerprint density at radius 2 is 1.90 bits per heavy atom. The van der Waals surface area contributed by atoms with Crippen molar-refractivity contribution in [1.82, 2.24) is 9.88 Å². The van der Waals surface area contributed by atoms with Crippen LogP contribution in [0.1, 0.15) is 55.5 Å². The Kier molecular flexibility index (Phi) is 6.12. The van der Waals surface area contributed by atoms with Gasteiger partial charge in [0.05, 0.1) is 18.3 Å². The summed E-state index contributed by atoms with van der Waals surface area (Å²) < 4.78 is 11.0. The first-order valence-electron chi connectivity index (χ1n) is 9.65. The Labute approximate surface area is 175 Å². The summed E-state index contributed by atoms with van der Waals surface area (Å²) in [5, 5.41) is 3.39. The first-order valence-corrected chi connectivity index (χ1v) is 10.5. The highest BCUT2D eigenvalue weighted by Crippen LogP contribution is 2.29. The maximum atomic E-state index is 12.5. The molecule has 1 aliphatic rings. The molecule has 1 aromatic heterocycles. The minimum Gasteiger partial charge on any atom is -0.491 e. The quantitative estimate of drug-likeness (QED) is 0.793. The van der Waals surface area contributed by atoms with Crippen molar-refractivity contribution < 1.29 is 19.1 Å². The molecule has 0 spiro atoms. The fourth-order valence-electron chi connectivity index (χ4n) is 2.86. The summed E-state index contributed by atoms with van der Waals surface area (Å²) in [6.45, 7) is 10.4. The van der Waals surface area contributed by atoms with Gasteiger partial charge >= 0.3 is 6.09 Å². The van der Waals surface area contributed by atoms with Crippen LogP contribution in [-0.2, 0) is 17.7 Å². The lowest BCUT2D eigenvalue weighted by Gasteiger charge is -2.29. The van der Waals surface area contributed by atoms with E-state index < -0.39 is 5.60 Å². The van der Waals surface area contributed by atoms with Gasteiger partial charge in [0, 0.05) is 23.4 Å². The number of carbonyl (C=O) groups is 2. The second-order valence-corrected chi connectivity index (χ2v) is 9.27. The zero-order chi connectivity index (χ0) is 21.2. The number of hydrogen-bond acceptors (Lipinski definition) is 6. The van der Waals surface area contributed by atoms with Gasteiger partial charge in [0.2, 0.25) is 0 Å². The van der Waals surface area contributed by atoms with Crippen molar-refractivity contribution in [2.24, 2.45) is 0 Å². The summed E-state index contributed by atoms with van der Waals surface area (Å²) in [6, 6.07) is 7.01. The number of fused-ring (bicyclic) bond motifs is 1. The predicted octanol–water partition coefficient (Wildman–Crippen LogP) is 4.48. The molecule has 1 N–H and O–H groups in total. The molecule has 156 valence electrons. The van der Waals surface area contributed by atoms with Gasteiger partial charge in [-0.05, 0) is 58.9 Å². The van der Waals surface area contributed by atoms with Crippen LogP contribution < -0.4 is 10.1 Å². The number of nitrogens with zero attached hydrogens (tertiary/aromatic N) is 2. The number of carbonyl (C=O) groups excluding carboxylic acids is 2. The topological polar surface area (TPSA) is 80.8 Å². The largest absolute Gasteiger partial charge is 0.491 e. The van der Waals surface area contributed by atoms with Crippen LogP contribution in [0.15, 0.2) is 24.3 Å². The van der Waals surface area contributed by atoms with Gasteiger partial charge in [0.15, 0.2) is 5.13 Å². The standard InChI is InChI=1S/C21H27N3O4S/c1-13(2)27-15-8-6-14(7-9-15)18(25)23-19-22-16-10-11-24(12-17(16)29-19)20(26)28-21(3,4)5/h6-9,13H,10-12H2,1-5H3,(H,22,23,25). The van der Waals surface area contributed by atoms with Crippen LogP contribution in [0, 0.1) is 0 Å². The molecule has 3 rings (SSSR count). The molecular weight excluding hydrogens is 390 g/mol. The van der Waals surface area contributed by atoms with E-state index in [1.807, 2.05) is 34.6 Å². The fourth-order valence-corrected chi connectivity index (χ4v) is 3.88. The lowest BCUT2D eigenvalue weighted by molar-refractivity contribution is 0.0225. The van der Waals surface area contributed by atoms with Gasteiger partial charge in [-0.3, -0.25) is 10.1 Å². The molecule has 1 aliphatic heterocycles. The Morgan fingerprint density at radius 3 is 2.52 bits per heavy atom. The molecule has 0 bridgehead atoms. The Bertz CT molecular complexity index is 884. The van der Waals surface area contributed by atoms with Crippen molar-refractivity contribution in [2.45, 2.75) is 59.3 Å². The fraction of sp³-hybridized carbons (Fsp3) is 0.476. The van der Waals surface area contributed by atoms with E-state index in [2.05, 4.69) is 10.3 Å². The number of anilines is 1. The van der Waals surface area contributed by atoms with Gasteiger partial charge in [-0.1, -0.05) is 11.3 Å². The summed E-state index contributed by atoms with van der Waals surface area (Å²) in [5.41, 5.74) is 0.926. The monoisotopic (exact) mass is 417 g/mol. The number of nitrogens with one attached hydrogen (secondary N) is 1. The van der Waals surface area contributed by atoms with E-state index in [9.17, 15) is 9.59 Å². The van der Waals surface area contributed by atoms with Crippen molar-refractivity contribution in [3.8, 4) is 5.75 Å². The highest BCUT2D eigenvalue weighted by molar-refractivity contribution is 7.15. The van der Waals surface area contributed by atoms with Gasteiger partial charge in [-0.25, -0.2) is 9.78 Å². The van der Waals surface area contributed by atoms with Crippen molar-refractivity contribution >= 4 is 28.5 Å². The van der Waals surface area contributed by atoms with Crippen LogP contribution >= 0.6 is 11.3 Å². The van der Waals surface area contributed by atoms with Crippen LogP contribution in [-0.4, -0.2) is 40.1 Å². The number of ether oxygens (including phenoxy) is 2. The summed E-state index contributed by atoms with van der Waals surface area (Å²) in [4.78, 5) is 32.0. The molecule has 2 aromatic rings. The van der Waals surface area contributed by atoms with Crippen molar-refractivity contribution in [1.29, 1.82) is 0 Å². The number of hydrogen-bond donors (Lipinski definition) is 1. The minimum absolute atomic E-state index is 0.0801. The summed E-state index contributed by atoms with van der Waals surface area (Å²) in [7, 11) is 0. The molecule has 0 aliphatic carbocycles. The van der Waals surface area contributed by atoms with Gasteiger partial charge in [0.25, 0.3) is 5.91 Å². The Hall–Kier alpha value is -2.61. The number of benzene rings is 1. The zero-order valence-electron chi connectivity index (χ0n) is 17.4. The maximum absolute atomic E-state index is 12.5. The maximum Gasteiger partial charge on any atom is 0.410 e. The van der Waals surface area contributed by atoms with Crippen molar-refractivity contribution in [3.05, 3.63) is 40.4 Å². The van der Waals surface area contributed by atoms with Gasteiger partial charge in [-0.15, -0.1) is 0 Å². The van der Waals surface area contributed by atoms with Crippen LogP contribution in [0.2, 0.25) is 0 Å². The molecule has 2 heterocycles. The minimum atomic E-state index is -0.528. The molecular formula is C21H27N3O4S. The van der Waals surface area contributed by atoms with Crippen molar-refractivity contribution in [2.75, 3.05) is 11.9 Å². The molecule has 0 atom stereocenters. The van der Waals surface area contributed by atoms with E-state index in [0.29, 0.717) is 30.2 Å². The average molecular weight is 418 g/mol. The second kappa shape index (κ2) is 8.41. The van der Waals surface area contributed by atoms with Gasteiger partial charge in [0.1, 0.15) is 11.4 Å². The smallest absolute Gasteiger partial charge is 0.410 e. The van der Waals surface area contributed by atoms with E-state index in [1.54, 1.807) is 29.2 Å². The molecule has 0 saturated carbocycles. The third-order valence-electron chi connectivity index (χ3n) is 4.09. The SMILES string of the molecule is CC(C)Oc1ccc(C(=O)Nc2nc3c(s2)CN(C(=O)OC(C)(C)C)CC3)cc1. The molecule has 0 unspecified atom stereocenters. The summed E-state index contributed by atoms with van der Waals surface area (Å²) >= 11 is 1.39. The molecule has 7 nitrogen and oxygen atoms in total. The Balaban J connectivity index is 1.63. The van der Waals surface area contributed by atoms with E-state index in [-0.39, 0.29) is 18.1 Å². The van der Waals surface area contributed by atoms with Crippen LogP contribution in [0.5, 0.6) is 5.75 Å². The van der Waals surface area contributed by atoms with Crippen molar-refractivity contribution in [3.63, 3.8) is 0 Å². The third-order valence-corrected chi connectivity index (χ3v) is 5.09. The molecule has 2 amide bonds. The molecule has 8 heteroatoms. The Morgan fingerprint density at radius 1 is 1.21 bits per heavy atom. The van der Waals surface area contributed by atoms with Crippen LogP contribution in [0.4, 0.5) is 9.93 Å². The van der Waals surface area contributed by atoms with Gasteiger partial charge < -0.3 is 14.4 Å². The number of aromatic nitrogens is 1. The predicted molar refractivity (Wildman–Crippen MR) is 113 cm³/mol. The number of amides is 2. The van der Waals surface area contributed by atoms with Gasteiger partial charge in [-0.2, -0.15) is 0 Å². The lowest BCUT2D eigenvalue weighted by Crippen LogP contribution is -2.39. The third kappa shape index (κ3) is 5.69. The lowest BCUT2D eigenvalue weighted by atomic mass is 10.2. The van der Waals surface area contributed by atoms with E-state index in [0.717, 1.165) is 16.3 Å². The molecule has 0 radical (unpaired) electrons. The first-order chi connectivity index (χ1) is 13.6. The van der Waals surface area contributed by atoms with E-state index in [1.165, 1.54) is 11.3 Å². The molecule has 0 saturated heterocycles. The average Bonchev–Trinajstić information content (AvgIpc) is 3.01. The molecule has 0 fully saturated rings. The molecule has 29 heavy (non-hydrogen) atoms. The first kappa shape index (κ1) is 21.1.